The lowest BCUT2D eigenvalue weighted by Crippen LogP contribution is -2.02. The minimum atomic E-state index is 0.880. The van der Waals surface area contributed by atoms with Crippen LogP contribution in [0.15, 0.2) is 48.9 Å². The Hall–Kier alpha value is -2.36. The smallest absolute Gasteiger partial charge is 0.207 e. The van der Waals surface area contributed by atoms with Gasteiger partial charge < -0.3 is 9.88 Å². The van der Waals surface area contributed by atoms with Crippen LogP contribution in [0.3, 0.4) is 0 Å². The van der Waals surface area contributed by atoms with E-state index in [4.69, 9.17) is 0 Å². The zero-order valence-electron chi connectivity index (χ0n) is 10.9. The molecule has 3 rings (SSSR count). The van der Waals surface area contributed by atoms with Crippen LogP contribution in [0.25, 0.3) is 10.9 Å². The minimum Gasteiger partial charge on any atom is -0.326 e. The van der Waals surface area contributed by atoms with Gasteiger partial charge in [0.05, 0.1) is 5.52 Å². The second-order valence-corrected chi connectivity index (χ2v) is 4.48. The van der Waals surface area contributed by atoms with Crippen molar-refractivity contribution >= 4 is 22.5 Å². The lowest BCUT2D eigenvalue weighted by atomic mass is 10.2. The van der Waals surface area contributed by atoms with E-state index in [0.717, 1.165) is 35.5 Å². The number of aromatic nitrogens is 3. The summed E-state index contributed by atoms with van der Waals surface area (Å²) in [4.78, 5) is 8.66. The SMILES string of the molecule is CCCn1ccnc1Nc1ccc2ncccc2c1. The summed E-state index contributed by atoms with van der Waals surface area (Å²) in [6, 6.07) is 10.1. The molecule has 0 aliphatic carbocycles. The Bertz CT molecular complexity index is 687. The summed E-state index contributed by atoms with van der Waals surface area (Å²) in [6.07, 6.45) is 6.71. The number of aryl methyl sites for hydroxylation is 1. The highest BCUT2D eigenvalue weighted by Gasteiger charge is 2.03. The molecule has 96 valence electrons. The highest BCUT2D eigenvalue weighted by molar-refractivity contribution is 5.82. The van der Waals surface area contributed by atoms with Gasteiger partial charge in [-0.05, 0) is 30.7 Å². The van der Waals surface area contributed by atoms with Crippen molar-refractivity contribution in [3.05, 3.63) is 48.9 Å². The maximum Gasteiger partial charge on any atom is 0.207 e. The molecule has 2 aromatic heterocycles. The van der Waals surface area contributed by atoms with Gasteiger partial charge in [-0.2, -0.15) is 0 Å². The molecule has 1 N–H and O–H groups in total. The van der Waals surface area contributed by atoms with Crippen molar-refractivity contribution in [2.24, 2.45) is 0 Å². The van der Waals surface area contributed by atoms with Gasteiger partial charge >= 0.3 is 0 Å². The summed E-state index contributed by atoms with van der Waals surface area (Å²) < 4.78 is 2.12. The normalized spacial score (nSPS) is 10.8. The standard InChI is InChI=1S/C15H16N4/c1-2-9-19-10-8-17-15(19)18-13-5-6-14-12(11-13)4-3-7-16-14/h3-8,10-11H,2,9H2,1H3,(H,17,18). The molecule has 0 atom stereocenters. The average Bonchev–Trinajstić information content (AvgIpc) is 2.86. The van der Waals surface area contributed by atoms with E-state index in [-0.39, 0.29) is 0 Å². The van der Waals surface area contributed by atoms with Crippen molar-refractivity contribution in [3.8, 4) is 0 Å². The predicted octanol–water partition coefficient (Wildman–Crippen LogP) is 3.58. The molecule has 0 saturated carbocycles. The Balaban J connectivity index is 1.90. The fourth-order valence-electron chi connectivity index (χ4n) is 2.14. The maximum atomic E-state index is 4.35. The lowest BCUT2D eigenvalue weighted by Gasteiger charge is -2.09. The number of anilines is 2. The Kier molecular flexibility index (Phi) is 3.14. The first-order valence-electron chi connectivity index (χ1n) is 6.50. The zero-order chi connectivity index (χ0) is 13.1. The van der Waals surface area contributed by atoms with E-state index in [1.807, 2.05) is 36.8 Å². The van der Waals surface area contributed by atoms with E-state index in [1.54, 1.807) is 0 Å². The van der Waals surface area contributed by atoms with E-state index in [0.29, 0.717) is 0 Å². The van der Waals surface area contributed by atoms with Crippen molar-refractivity contribution in [3.63, 3.8) is 0 Å². The van der Waals surface area contributed by atoms with Gasteiger partial charge in [0.2, 0.25) is 5.95 Å². The molecule has 0 radical (unpaired) electrons. The third kappa shape index (κ3) is 2.42. The second-order valence-electron chi connectivity index (χ2n) is 4.48. The molecule has 0 aliphatic heterocycles. The van der Waals surface area contributed by atoms with Crippen LogP contribution in [0.5, 0.6) is 0 Å². The molecule has 3 aromatic rings. The third-order valence-electron chi connectivity index (χ3n) is 3.04. The molecular weight excluding hydrogens is 236 g/mol. The number of nitrogens with zero attached hydrogens (tertiary/aromatic N) is 3. The number of hydrogen-bond acceptors (Lipinski definition) is 3. The number of rotatable bonds is 4. The molecule has 4 heteroatoms. The first kappa shape index (κ1) is 11.7. The Labute approximate surface area is 112 Å². The molecule has 0 amide bonds. The highest BCUT2D eigenvalue weighted by atomic mass is 15.2. The summed E-state index contributed by atoms with van der Waals surface area (Å²) in [5.41, 5.74) is 2.04. The summed E-state index contributed by atoms with van der Waals surface area (Å²) in [5, 5.41) is 4.48. The van der Waals surface area contributed by atoms with Crippen molar-refractivity contribution in [2.45, 2.75) is 19.9 Å². The van der Waals surface area contributed by atoms with Crippen LogP contribution in [-0.2, 0) is 6.54 Å². The first-order chi connectivity index (χ1) is 9.36. The number of pyridine rings is 1. The van der Waals surface area contributed by atoms with Crippen LogP contribution in [-0.4, -0.2) is 14.5 Å². The monoisotopic (exact) mass is 252 g/mol. The van der Waals surface area contributed by atoms with E-state index in [2.05, 4.69) is 38.9 Å². The highest BCUT2D eigenvalue weighted by Crippen LogP contribution is 2.20. The molecule has 1 aromatic carbocycles. The number of benzene rings is 1. The largest absolute Gasteiger partial charge is 0.326 e. The fourth-order valence-corrected chi connectivity index (χ4v) is 2.14. The summed E-state index contributed by atoms with van der Waals surface area (Å²) >= 11 is 0. The Morgan fingerprint density at radius 2 is 2.11 bits per heavy atom. The van der Waals surface area contributed by atoms with Crippen molar-refractivity contribution < 1.29 is 0 Å². The number of imidazole rings is 1. The Morgan fingerprint density at radius 1 is 1.16 bits per heavy atom. The topological polar surface area (TPSA) is 42.7 Å². The first-order valence-corrected chi connectivity index (χ1v) is 6.50. The van der Waals surface area contributed by atoms with Crippen LogP contribution in [0.1, 0.15) is 13.3 Å². The van der Waals surface area contributed by atoms with Crippen LogP contribution in [0, 0.1) is 0 Å². The quantitative estimate of drug-likeness (QED) is 0.771. The van der Waals surface area contributed by atoms with Crippen LogP contribution in [0.4, 0.5) is 11.6 Å². The van der Waals surface area contributed by atoms with Crippen molar-refractivity contribution in [1.29, 1.82) is 0 Å². The fraction of sp³-hybridized carbons (Fsp3) is 0.200. The van der Waals surface area contributed by atoms with Crippen LogP contribution < -0.4 is 5.32 Å². The van der Waals surface area contributed by atoms with Gasteiger partial charge in [0.15, 0.2) is 0 Å². The van der Waals surface area contributed by atoms with E-state index < -0.39 is 0 Å². The number of fused-ring (bicyclic) bond motifs is 1. The summed E-state index contributed by atoms with van der Waals surface area (Å²) in [5.74, 6) is 0.880. The van der Waals surface area contributed by atoms with Gasteiger partial charge in [-0.3, -0.25) is 4.98 Å². The van der Waals surface area contributed by atoms with Crippen LogP contribution in [0.2, 0.25) is 0 Å². The van der Waals surface area contributed by atoms with Gasteiger partial charge in [0.25, 0.3) is 0 Å². The predicted molar refractivity (Wildman–Crippen MR) is 77.5 cm³/mol. The van der Waals surface area contributed by atoms with E-state index in [1.165, 1.54) is 0 Å². The van der Waals surface area contributed by atoms with E-state index >= 15 is 0 Å². The van der Waals surface area contributed by atoms with Gasteiger partial charge in [0, 0.05) is 36.2 Å². The van der Waals surface area contributed by atoms with Crippen molar-refractivity contribution in [1.82, 2.24) is 14.5 Å². The summed E-state index contributed by atoms with van der Waals surface area (Å²) in [7, 11) is 0. The molecule has 0 bridgehead atoms. The third-order valence-corrected chi connectivity index (χ3v) is 3.04. The molecule has 0 spiro atoms. The van der Waals surface area contributed by atoms with Gasteiger partial charge in [-0.15, -0.1) is 0 Å². The van der Waals surface area contributed by atoms with Gasteiger partial charge in [-0.1, -0.05) is 13.0 Å². The van der Waals surface area contributed by atoms with Crippen molar-refractivity contribution in [2.75, 3.05) is 5.32 Å². The second kappa shape index (κ2) is 5.10. The molecule has 0 unspecified atom stereocenters. The van der Waals surface area contributed by atoms with E-state index in [9.17, 15) is 0 Å². The number of nitrogens with one attached hydrogen (secondary N) is 1. The van der Waals surface area contributed by atoms with Crippen LogP contribution >= 0.6 is 0 Å². The molecule has 0 aliphatic rings. The molecule has 19 heavy (non-hydrogen) atoms. The zero-order valence-corrected chi connectivity index (χ0v) is 10.9. The Morgan fingerprint density at radius 3 is 3.00 bits per heavy atom. The molecule has 2 heterocycles. The lowest BCUT2D eigenvalue weighted by molar-refractivity contribution is 0.686. The molecular formula is C15H16N4. The number of hydrogen-bond donors (Lipinski definition) is 1. The average molecular weight is 252 g/mol. The minimum absolute atomic E-state index is 0.880. The molecule has 0 saturated heterocycles. The summed E-state index contributed by atoms with van der Waals surface area (Å²) in [6.45, 7) is 3.13. The maximum absolute atomic E-state index is 4.35. The molecule has 4 nitrogen and oxygen atoms in total. The van der Waals surface area contributed by atoms with Gasteiger partial charge in [0.1, 0.15) is 0 Å². The molecule has 0 fully saturated rings. The van der Waals surface area contributed by atoms with Gasteiger partial charge in [-0.25, -0.2) is 4.98 Å².